The Morgan fingerprint density at radius 3 is 2.63 bits per heavy atom. The number of thiophene rings is 1. The van der Waals surface area contributed by atoms with E-state index in [0.717, 1.165) is 16.0 Å². The summed E-state index contributed by atoms with van der Waals surface area (Å²) in [6.45, 7) is 0.524. The Morgan fingerprint density at radius 2 is 1.97 bits per heavy atom. The van der Waals surface area contributed by atoms with Gasteiger partial charge in [-0.05, 0) is 53.3 Å². The van der Waals surface area contributed by atoms with Gasteiger partial charge in [-0.25, -0.2) is 4.39 Å². The monoisotopic (exact) mass is 445 g/mol. The molecule has 1 aromatic heterocycles. The van der Waals surface area contributed by atoms with Crippen LogP contribution in [0.1, 0.15) is 27.6 Å². The average molecular weight is 446 g/mol. The van der Waals surface area contributed by atoms with Crippen LogP contribution in [0.4, 0.5) is 4.39 Å². The van der Waals surface area contributed by atoms with Crippen LogP contribution >= 0.6 is 22.9 Å². The van der Waals surface area contributed by atoms with Crippen molar-refractivity contribution in [2.75, 3.05) is 20.8 Å². The highest BCUT2D eigenvalue weighted by Gasteiger charge is 2.34. The predicted molar refractivity (Wildman–Crippen MR) is 116 cm³/mol. The zero-order valence-corrected chi connectivity index (χ0v) is 18.2. The minimum absolute atomic E-state index is 0.0873. The second-order valence-corrected chi connectivity index (χ2v) is 8.42. The summed E-state index contributed by atoms with van der Waals surface area (Å²) >= 11 is 7.75. The lowest BCUT2D eigenvalue weighted by Gasteiger charge is -2.37. The summed E-state index contributed by atoms with van der Waals surface area (Å²) in [6.07, 6.45) is 0.588. The van der Waals surface area contributed by atoms with E-state index in [1.807, 2.05) is 34.5 Å². The Balaban J connectivity index is 1.75. The van der Waals surface area contributed by atoms with Crippen LogP contribution in [-0.2, 0) is 17.6 Å². The molecular weight excluding hydrogens is 425 g/mol. The van der Waals surface area contributed by atoms with Crippen molar-refractivity contribution in [2.45, 2.75) is 18.9 Å². The van der Waals surface area contributed by atoms with Gasteiger partial charge in [-0.1, -0.05) is 23.7 Å². The number of carbonyl (C=O) groups excluding carboxylic acids is 1. The Kier molecular flexibility index (Phi) is 5.97. The Labute approximate surface area is 183 Å². The largest absolute Gasteiger partial charge is 0.493 e. The number of methoxy groups -OCH3 is 2. The maximum atomic E-state index is 14.3. The zero-order valence-electron chi connectivity index (χ0n) is 16.7. The second-order valence-electron chi connectivity index (χ2n) is 7.04. The van der Waals surface area contributed by atoms with Crippen LogP contribution in [0.2, 0.25) is 5.02 Å². The molecule has 1 aliphatic heterocycles. The molecule has 1 unspecified atom stereocenters. The Bertz CT molecular complexity index is 1050. The molecule has 1 atom stereocenters. The van der Waals surface area contributed by atoms with Crippen molar-refractivity contribution in [1.29, 1.82) is 0 Å². The molecule has 3 aromatic rings. The molecule has 0 saturated heterocycles. The summed E-state index contributed by atoms with van der Waals surface area (Å²) < 4.78 is 25.2. The maximum absolute atomic E-state index is 14.3. The van der Waals surface area contributed by atoms with Gasteiger partial charge in [-0.15, -0.1) is 11.3 Å². The van der Waals surface area contributed by atoms with Gasteiger partial charge in [0.2, 0.25) is 5.91 Å². The molecule has 4 nitrogen and oxygen atoms in total. The number of benzene rings is 2. The van der Waals surface area contributed by atoms with Gasteiger partial charge in [-0.3, -0.25) is 4.79 Å². The lowest BCUT2D eigenvalue weighted by molar-refractivity contribution is -0.132. The van der Waals surface area contributed by atoms with Crippen molar-refractivity contribution in [3.63, 3.8) is 0 Å². The summed E-state index contributed by atoms with van der Waals surface area (Å²) in [5.74, 6) is 0.650. The van der Waals surface area contributed by atoms with Crippen LogP contribution in [0.3, 0.4) is 0 Å². The van der Waals surface area contributed by atoms with E-state index in [1.165, 1.54) is 12.1 Å². The Morgan fingerprint density at radius 1 is 1.20 bits per heavy atom. The molecule has 2 aromatic carbocycles. The molecule has 0 radical (unpaired) electrons. The van der Waals surface area contributed by atoms with Gasteiger partial charge < -0.3 is 14.4 Å². The van der Waals surface area contributed by atoms with Gasteiger partial charge in [-0.2, -0.15) is 0 Å². The number of halogens is 2. The molecule has 30 heavy (non-hydrogen) atoms. The molecule has 156 valence electrons. The fraction of sp³-hybridized carbons (Fsp3) is 0.261. The van der Waals surface area contributed by atoms with Gasteiger partial charge in [0.15, 0.2) is 11.5 Å². The molecule has 2 heterocycles. The van der Waals surface area contributed by atoms with E-state index in [4.69, 9.17) is 21.1 Å². The highest BCUT2D eigenvalue weighted by molar-refractivity contribution is 7.10. The molecule has 4 rings (SSSR count). The van der Waals surface area contributed by atoms with Crippen molar-refractivity contribution in [3.05, 3.63) is 80.3 Å². The molecule has 0 aliphatic carbocycles. The number of fused-ring (bicyclic) bond motifs is 1. The molecule has 7 heteroatoms. The third-order valence-electron chi connectivity index (χ3n) is 5.40. The van der Waals surface area contributed by atoms with Crippen molar-refractivity contribution >= 4 is 28.8 Å². The lowest BCUT2D eigenvalue weighted by atomic mass is 9.90. The van der Waals surface area contributed by atoms with Crippen molar-refractivity contribution in [3.8, 4) is 11.5 Å². The van der Waals surface area contributed by atoms with Gasteiger partial charge in [0.05, 0.1) is 26.7 Å². The summed E-state index contributed by atoms with van der Waals surface area (Å²) in [7, 11) is 3.20. The van der Waals surface area contributed by atoms with Gasteiger partial charge in [0.25, 0.3) is 0 Å². The van der Waals surface area contributed by atoms with Crippen LogP contribution in [0.15, 0.2) is 47.8 Å². The zero-order chi connectivity index (χ0) is 21.3. The SMILES string of the molecule is COc1cc2c(cc1OC)C(c1cccs1)N(C(=O)Cc1c(F)cccc1Cl)CC2. The number of ether oxygens (including phenoxy) is 2. The maximum Gasteiger partial charge on any atom is 0.227 e. The standard InChI is InChI=1S/C23H21ClFNO3S/c1-28-19-11-14-8-9-26(22(27)13-16-17(24)5-3-6-18(16)25)23(21-7-4-10-30-21)15(14)12-20(19)29-2/h3-7,10-12,23H,8-9,13H2,1-2H3. The van der Waals surface area contributed by atoms with Gasteiger partial charge in [0.1, 0.15) is 5.82 Å². The topological polar surface area (TPSA) is 38.8 Å². The minimum atomic E-state index is -0.465. The summed E-state index contributed by atoms with van der Waals surface area (Å²) in [4.78, 5) is 16.2. The smallest absolute Gasteiger partial charge is 0.227 e. The number of hydrogen-bond donors (Lipinski definition) is 0. The first-order valence-corrected chi connectivity index (χ1v) is 10.8. The predicted octanol–water partition coefficient (Wildman–Crippen LogP) is 5.27. The minimum Gasteiger partial charge on any atom is -0.493 e. The molecular formula is C23H21ClFNO3S. The first kappa shape index (κ1) is 20.7. The van der Waals surface area contributed by atoms with Crippen LogP contribution < -0.4 is 9.47 Å². The van der Waals surface area contributed by atoms with Crippen LogP contribution in [0.5, 0.6) is 11.5 Å². The summed E-state index contributed by atoms with van der Waals surface area (Å²) in [5, 5.41) is 2.25. The second kappa shape index (κ2) is 8.66. The summed E-state index contributed by atoms with van der Waals surface area (Å²) in [5.41, 5.74) is 2.33. The van der Waals surface area contributed by atoms with Crippen LogP contribution in [0, 0.1) is 5.82 Å². The quantitative estimate of drug-likeness (QED) is 0.536. The van der Waals surface area contributed by atoms with Crippen LogP contribution in [-0.4, -0.2) is 31.6 Å². The fourth-order valence-corrected chi connectivity index (χ4v) is 5.01. The first-order valence-electron chi connectivity index (χ1n) is 9.54. The molecule has 0 saturated carbocycles. The number of nitrogens with zero attached hydrogens (tertiary/aromatic N) is 1. The van der Waals surface area contributed by atoms with E-state index >= 15 is 0 Å². The van der Waals surface area contributed by atoms with E-state index in [2.05, 4.69) is 0 Å². The average Bonchev–Trinajstić information content (AvgIpc) is 3.28. The van der Waals surface area contributed by atoms with E-state index in [9.17, 15) is 9.18 Å². The van der Waals surface area contributed by atoms with Crippen molar-refractivity contribution < 1.29 is 18.7 Å². The van der Waals surface area contributed by atoms with Gasteiger partial charge >= 0.3 is 0 Å². The molecule has 0 spiro atoms. The van der Waals surface area contributed by atoms with E-state index < -0.39 is 5.82 Å². The fourth-order valence-electron chi connectivity index (χ4n) is 3.92. The van der Waals surface area contributed by atoms with Gasteiger partial charge in [0, 0.05) is 22.0 Å². The third kappa shape index (κ3) is 3.77. The molecule has 1 aliphatic rings. The number of amides is 1. The number of carbonyl (C=O) groups is 1. The molecule has 0 fully saturated rings. The summed E-state index contributed by atoms with van der Waals surface area (Å²) in [6, 6.07) is 12.1. The van der Waals surface area contributed by atoms with Crippen molar-refractivity contribution in [1.82, 2.24) is 4.90 Å². The Hall–Kier alpha value is -2.57. The highest BCUT2D eigenvalue weighted by Crippen LogP contribution is 2.42. The van der Waals surface area contributed by atoms with E-state index in [1.54, 1.807) is 31.6 Å². The van der Waals surface area contributed by atoms with E-state index in [-0.39, 0.29) is 29.0 Å². The highest BCUT2D eigenvalue weighted by atomic mass is 35.5. The third-order valence-corrected chi connectivity index (χ3v) is 6.68. The molecule has 1 amide bonds. The van der Waals surface area contributed by atoms with E-state index in [0.29, 0.717) is 24.5 Å². The molecule has 0 N–H and O–H groups in total. The lowest BCUT2D eigenvalue weighted by Crippen LogP contribution is -2.41. The molecule has 0 bridgehead atoms. The van der Waals surface area contributed by atoms with Crippen molar-refractivity contribution in [2.24, 2.45) is 0 Å². The number of rotatable bonds is 5. The first-order chi connectivity index (χ1) is 14.5. The van der Waals surface area contributed by atoms with Crippen LogP contribution in [0.25, 0.3) is 0 Å². The normalized spacial score (nSPS) is 15.6. The number of hydrogen-bond acceptors (Lipinski definition) is 4.